The highest BCUT2D eigenvalue weighted by Crippen LogP contribution is 2.25. The number of aryl methyl sites for hydroxylation is 1. The molecule has 0 radical (unpaired) electrons. The van der Waals surface area contributed by atoms with Crippen molar-refractivity contribution in [2.45, 2.75) is 44.8 Å². The molecule has 4 rings (SSSR count). The fraction of sp³-hybridized carbons (Fsp3) is 0.778. The van der Waals surface area contributed by atoms with Crippen molar-refractivity contribution in [2.24, 2.45) is 0 Å². The van der Waals surface area contributed by atoms with Crippen molar-refractivity contribution in [3.05, 3.63) is 17.5 Å². The van der Waals surface area contributed by atoms with Crippen LogP contribution in [0.3, 0.4) is 0 Å². The van der Waals surface area contributed by atoms with Crippen molar-refractivity contribution in [2.75, 3.05) is 45.9 Å². The van der Waals surface area contributed by atoms with Gasteiger partial charge in [-0.25, -0.2) is 0 Å². The van der Waals surface area contributed by atoms with Gasteiger partial charge in [-0.2, -0.15) is 0 Å². The van der Waals surface area contributed by atoms with E-state index in [0.717, 1.165) is 83.2 Å². The zero-order valence-electron chi connectivity index (χ0n) is 15.0. The van der Waals surface area contributed by atoms with Crippen LogP contribution >= 0.6 is 0 Å². The smallest absolute Gasteiger partial charge is 0.240 e. The van der Waals surface area contributed by atoms with Crippen molar-refractivity contribution < 1.29 is 14.1 Å². The van der Waals surface area contributed by atoms with Crippen molar-refractivity contribution in [1.82, 2.24) is 19.9 Å². The number of nitrogens with zero attached hydrogens (tertiary/aromatic N) is 4. The van der Waals surface area contributed by atoms with E-state index in [1.807, 2.05) is 13.0 Å². The Morgan fingerprint density at radius 3 is 2.56 bits per heavy atom. The van der Waals surface area contributed by atoms with E-state index in [2.05, 4.69) is 19.9 Å². The molecule has 4 heterocycles. The van der Waals surface area contributed by atoms with Crippen molar-refractivity contribution in [1.29, 1.82) is 0 Å². The largest absolute Gasteiger partial charge is 0.381 e. The molecule has 3 aliphatic heterocycles. The fourth-order valence-electron chi connectivity index (χ4n) is 4.33. The lowest BCUT2D eigenvalue weighted by atomic mass is 10.1. The normalized spacial score (nSPS) is 27.3. The lowest BCUT2D eigenvalue weighted by Crippen LogP contribution is -2.53. The molecule has 3 aliphatic rings. The second-order valence-electron chi connectivity index (χ2n) is 7.43. The number of rotatable bonds is 4. The average molecular weight is 348 g/mol. The molecule has 1 aromatic rings. The highest BCUT2D eigenvalue weighted by molar-refractivity contribution is 5.84. The summed E-state index contributed by atoms with van der Waals surface area (Å²) >= 11 is 0. The molecule has 1 unspecified atom stereocenters. The minimum atomic E-state index is 0.0810. The molecular weight excluding hydrogens is 320 g/mol. The lowest BCUT2D eigenvalue weighted by Gasteiger charge is -2.37. The molecule has 1 atom stereocenters. The van der Waals surface area contributed by atoms with Crippen LogP contribution < -0.4 is 0 Å². The minimum Gasteiger partial charge on any atom is -0.381 e. The quantitative estimate of drug-likeness (QED) is 0.805. The molecule has 0 aromatic carbocycles. The molecule has 138 valence electrons. The molecule has 0 saturated carbocycles. The van der Waals surface area contributed by atoms with Crippen LogP contribution in [-0.2, 0) is 16.1 Å². The first kappa shape index (κ1) is 17.0. The van der Waals surface area contributed by atoms with Gasteiger partial charge in [0.25, 0.3) is 0 Å². The number of likely N-dealkylation sites (tertiary alicyclic amines) is 1. The van der Waals surface area contributed by atoms with E-state index in [-0.39, 0.29) is 6.04 Å². The summed E-state index contributed by atoms with van der Waals surface area (Å²) < 4.78 is 10.7. The summed E-state index contributed by atoms with van der Waals surface area (Å²) in [5.41, 5.74) is 0.929. The fourth-order valence-corrected chi connectivity index (χ4v) is 4.33. The maximum absolute atomic E-state index is 12.9. The molecule has 7 heteroatoms. The van der Waals surface area contributed by atoms with E-state index in [0.29, 0.717) is 11.9 Å². The van der Waals surface area contributed by atoms with Gasteiger partial charge in [0.1, 0.15) is 0 Å². The van der Waals surface area contributed by atoms with E-state index in [1.165, 1.54) is 0 Å². The van der Waals surface area contributed by atoms with Crippen LogP contribution in [0.4, 0.5) is 0 Å². The van der Waals surface area contributed by atoms with Crippen LogP contribution in [-0.4, -0.2) is 83.8 Å². The first-order valence-electron chi connectivity index (χ1n) is 9.47. The van der Waals surface area contributed by atoms with E-state index >= 15 is 0 Å². The molecule has 0 aliphatic carbocycles. The summed E-state index contributed by atoms with van der Waals surface area (Å²) in [4.78, 5) is 19.8. The second-order valence-corrected chi connectivity index (χ2v) is 7.43. The van der Waals surface area contributed by atoms with E-state index < -0.39 is 0 Å². The number of piperazine rings is 1. The first-order chi connectivity index (χ1) is 12.2. The molecule has 0 spiro atoms. The molecule has 0 bridgehead atoms. The molecule has 25 heavy (non-hydrogen) atoms. The molecule has 3 saturated heterocycles. The molecule has 0 N–H and O–H groups in total. The maximum Gasteiger partial charge on any atom is 0.240 e. The molecule has 7 nitrogen and oxygen atoms in total. The van der Waals surface area contributed by atoms with Gasteiger partial charge in [-0.3, -0.25) is 14.6 Å². The maximum atomic E-state index is 12.9. The Kier molecular flexibility index (Phi) is 5.05. The van der Waals surface area contributed by atoms with Crippen LogP contribution in [0.1, 0.15) is 30.7 Å². The van der Waals surface area contributed by atoms with Crippen molar-refractivity contribution in [3.63, 3.8) is 0 Å². The first-order valence-corrected chi connectivity index (χ1v) is 9.47. The van der Waals surface area contributed by atoms with Gasteiger partial charge in [0.2, 0.25) is 5.91 Å². The number of ether oxygens (including phenoxy) is 1. The Hall–Kier alpha value is -1.44. The molecule has 1 aromatic heterocycles. The standard InChI is InChI=1S/C18H28N4O3/c1-14-12-16(25-19-14)13-20-6-8-21(9-7-20)17-2-5-22(18(17)23)15-3-10-24-11-4-15/h12,15,17H,2-11,13H2,1H3. The molecule has 3 fully saturated rings. The van der Waals surface area contributed by atoms with Crippen LogP contribution in [0.2, 0.25) is 0 Å². The summed E-state index contributed by atoms with van der Waals surface area (Å²) in [5, 5.41) is 3.95. The van der Waals surface area contributed by atoms with Gasteiger partial charge < -0.3 is 14.2 Å². The summed E-state index contributed by atoms with van der Waals surface area (Å²) in [6, 6.07) is 2.47. The Morgan fingerprint density at radius 2 is 1.88 bits per heavy atom. The van der Waals surface area contributed by atoms with Crippen molar-refractivity contribution in [3.8, 4) is 0 Å². The third-order valence-corrected chi connectivity index (χ3v) is 5.75. The van der Waals surface area contributed by atoms with Gasteiger partial charge >= 0.3 is 0 Å². The SMILES string of the molecule is Cc1cc(CN2CCN(C3CCN(C4CCOCC4)C3=O)CC2)on1. The highest BCUT2D eigenvalue weighted by Gasteiger charge is 2.40. The van der Waals surface area contributed by atoms with E-state index in [1.54, 1.807) is 0 Å². The number of amides is 1. The molecular formula is C18H28N4O3. The summed E-state index contributed by atoms with van der Waals surface area (Å²) in [6.07, 6.45) is 2.95. The van der Waals surface area contributed by atoms with Crippen LogP contribution in [0, 0.1) is 6.92 Å². The van der Waals surface area contributed by atoms with E-state index in [4.69, 9.17) is 9.26 Å². The zero-order valence-corrected chi connectivity index (χ0v) is 15.0. The predicted molar refractivity (Wildman–Crippen MR) is 92.0 cm³/mol. The Balaban J connectivity index is 1.28. The number of carbonyl (C=O) groups is 1. The predicted octanol–water partition coefficient (Wildman–Crippen LogP) is 0.881. The highest BCUT2D eigenvalue weighted by atomic mass is 16.5. The minimum absolute atomic E-state index is 0.0810. The van der Waals surface area contributed by atoms with Gasteiger partial charge in [-0.05, 0) is 26.2 Å². The van der Waals surface area contributed by atoms with Gasteiger partial charge in [0.05, 0.1) is 18.3 Å². The monoisotopic (exact) mass is 348 g/mol. The van der Waals surface area contributed by atoms with Crippen LogP contribution in [0.15, 0.2) is 10.6 Å². The average Bonchev–Trinajstić information content (AvgIpc) is 3.22. The number of aromatic nitrogens is 1. The Bertz CT molecular complexity index is 591. The zero-order chi connectivity index (χ0) is 17.2. The number of hydrogen-bond donors (Lipinski definition) is 0. The van der Waals surface area contributed by atoms with E-state index in [9.17, 15) is 4.79 Å². The summed E-state index contributed by atoms with van der Waals surface area (Å²) in [6.45, 7) is 9.09. The van der Waals surface area contributed by atoms with Gasteiger partial charge in [-0.15, -0.1) is 0 Å². The van der Waals surface area contributed by atoms with Gasteiger partial charge in [-0.1, -0.05) is 5.16 Å². The number of hydrogen-bond acceptors (Lipinski definition) is 6. The lowest BCUT2D eigenvalue weighted by molar-refractivity contribution is -0.136. The van der Waals surface area contributed by atoms with Gasteiger partial charge in [0.15, 0.2) is 5.76 Å². The van der Waals surface area contributed by atoms with Crippen LogP contribution in [0.5, 0.6) is 0 Å². The Morgan fingerprint density at radius 1 is 1.12 bits per heavy atom. The molecule has 1 amide bonds. The van der Waals surface area contributed by atoms with Gasteiger partial charge in [0, 0.05) is 58.0 Å². The number of carbonyl (C=O) groups excluding carboxylic acids is 1. The second kappa shape index (κ2) is 7.43. The third kappa shape index (κ3) is 3.73. The summed E-state index contributed by atoms with van der Waals surface area (Å²) in [7, 11) is 0. The third-order valence-electron chi connectivity index (χ3n) is 5.75. The van der Waals surface area contributed by atoms with Crippen molar-refractivity contribution >= 4 is 5.91 Å². The topological polar surface area (TPSA) is 62.1 Å². The van der Waals surface area contributed by atoms with Crippen LogP contribution in [0.25, 0.3) is 0 Å². The summed E-state index contributed by atoms with van der Waals surface area (Å²) in [5.74, 6) is 1.26. The Labute approximate surface area is 148 Å².